The summed E-state index contributed by atoms with van der Waals surface area (Å²) in [5, 5.41) is 19.3. The molecule has 1 heterocycles. The van der Waals surface area contributed by atoms with Crippen LogP contribution in [0.15, 0.2) is 41.2 Å². The van der Waals surface area contributed by atoms with E-state index in [9.17, 15) is 14.4 Å². The molecule has 2 amide bonds. The van der Waals surface area contributed by atoms with Gasteiger partial charge in [-0.05, 0) is 30.3 Å². The van der Waals surface area contributed by atoms with Gasteiger partial charge in [0.1, 0.15) is 12.1 Å². The average Bonchev–Trinajstić information content (AvgIpc) is 2.50. The first-order valence-corrected chi connectivity index (χ1v) is 6.22. The summed E-state index contributed by atoms with van der Waals surface area (Å²) in [6.45, 7) is 0. The van der Waals surface area contributed by atoms with E-state index in [-0.39, 0.29) is 12.1 Å². The second kappa shape index (κ2) is 6.81. The number of carbonyl (C=O) groups excluding carboxylic acids is 2. The smallest absolute Gasteiger partial charge is 0.276 e. The Morgan fingerprint density at radius 1 is 1.09 bits per heavy atom. The maximum atomic E-state index is 11.9. The first kappa shape index (κ1) is 14.9. The van der Waals surface area contributed by atoms with Crippen LogP contribution in [-0.2, 0) is 4.79 Å². The molecule has 110 valence electrons. The number of aromatic nitrogens is 2. The molecule has 0 bridgehead atoms. The van der Waals surface area contributed by atoms with Gasteiger partial charge in [-0.1, -0.05) is 0 Å². The van der Waals surface area contributed by atoms with Gasteiger partial charge in [-0.3, -0.25) is 14.4 Å². The molecule has 8 nitrogen and oxygen atoms in total. The summed E-state index contributed by atoms with van der Waals surface area (Å²) in [6.07, 6.45) is -0.226. The normalized spacial score (nSPS) is 9.59. The zero-order valence-electron chi connectivity index (χ0n) is 11.3. The number of amides is 2. The van der Waals surface area contributed by atoms with Crippen LogP contribution in [0, 0.1) is 11.3 Å². The Kier molecular flexibility index (Phi) is 4.62. The van der Waals surface area contributed by atoms with Gasteiger partial charge in [0.25, 0.3) is 11.5 Å². The van der Waals surface area contributed by atoms with E-state index < -0.39 is 17.4 Å². The second-order valence-electron chi connectivity index (χ2n) is 4.22. The Balaban J connectivity index is 2.00. The monoisotopic (exact) mass is 297 g/mol. The van der Waals surface area contributed by atoms with Gasteiger partial charge in [0.2, 0.25) is 5.91 Å². The Morgan fingerprint density at radius 3 is 2.27 bits per heavy atom. The molecule has 0 aliphatic carbocycles. The molecular weight excluding hydrogens is 286 g/mol. The largest absolute Gasteiger partial charge is 0.325 e. The molecule has 0 aliphatic heterocycles. The highest BCUT2D eigenvalue weighted by molar-refractivity contribution is 6.02. The molecule has 1 aromatic carbocycles. The predicted molar refractivity (Wildman–Crippen MR) is 78.1 cm³/mol. The Bertz CT molecular complexity index is 769. The topological polar surface area (TPSA) is 128 Å². The summed E-state index contributed by atoms with van der Waals surface area (Å²) < 4.78 is 0. The third kappa shape index (κ3) is 4.01. The van der Waals surface area contributed by atoms with E-state index in [0.717, 1.165) is 0 Å². The van der Waals surface area contributed by atoms with Crippen LogP contribution in [0.25, 0.3) is 0 Å². The summed E-state index contributed by atoms with van der Waals surface area (Å²) >= 11 is 0. The fourth-order valence-corrected chi connectivity index (χ4v) is 1.58. The van der Waals surface area contributed by atoms with E-state index in [2.05, 4.69) is 20.8 Å². The molecule has 0 atom stereocenters. The molecule has 2 aromatic rings. The van der Waals surface area contributed by atoms with Crippen molar-refractivity contribution in [2.24, 2.45) is 0 Å². The van der Waals surface area contributed by atoms with Crippen LogP contribution in [0.1, 0.15) is 16.9 Å². The zero-order valence-corrected chi connectivity index (χ0v) is 11.3. The number of nitriles is 1. The van der Waals surface area contributed by atoms with Crippen LogP contribution in [0.3, 0.4) is 0 Å². The zero-order chi connectivity index (χ0) is 15.9. The molecule has 0 fully saturated rings. The van der Waals surface area contributed by atoms with E-state index in [0.29, 0.717) is 11.4 Å². The molecular formula is C14H11N5O3. The highest BCUT2D eigenvalue weighted by Gasteiger charge is 2.08. The van der Waals surface area contributed by atoms with E-state index in [1.165, 1.54) is 12.1 Å². The molecule has 2 rings (SSSR count). The van der Waals surface area contributed by atoms with Gasteiger partial charge in [-0.15, -0.1) is 0 Å². The lowest BCUT2D eigenvalue weighted by molar-refractivity contribution is -0.115. The lowest BCUT2D eigenvalue weighted by atomic mass is 10.2. The Labute approximate surface area is 124 Å². The third-order valence-corrected chi connectivity index (χ3v) is 2.58. The fraction of sp³-hybridized carbons (Fsp3) is 0.0714. The molecule has 0 spiro atoms. The number of hydrogen-bond donors (Lipinski definition) is 3. The van der Waals surface area contributed by atoms with Crippen LogP contribution in [0.2, 0.25) is 0 Å². The molecule has 1 aromatic heterocycles. The number of H-pyrrole nitrogens is 1. The van der Waals surface area contributed by atoms with Crippen LogP contribution in [0.4, 0.5) is 11.4 Å². The lowest BCUT2D eigenvalue weighted by Crippen LogP contribution is -2.17. The number of benzene rings is 1. The number of aromatic amines is 1. The molecule has 0 saturated heterocycles. The summed E-state index contributed by atoms with van der Waals surface area (Å²) in [7, 11) is 0. The number of rotatable bonds is 4. The summed E-state index contributed by atoms with van der Waals surface area (Å²) in [4.78, 5) is 34.0. The quantitative estimate of drug-likeness (QED) is 0.771. The van der Waals surface area contributed by atoms with Crippen LogP contribution < -0.4 is 16.2 Å². The Hall–Kier alpha value is -3.47. The van der Waals surface area contributed by atoms with Gasteiger partial charge < -0.3 is 10.6 Å². The van der Waals surface area contributed by atoms with Gasteiger partial charge >= 0.3 is 0 Å². The summed E-state index contributed by atoms with van der Waals surface area (Å²) in [5.74, 6) is -0.880. The highest BCUT2D eigenvalue weighted by Crippen LogP contribution is 2.14. The average molecular weight is 297 g/mol. The minimum absolute atomic E-state index is 0.0750. The van der Waals surface area contributed by atoms with E-state index in [4.69, 9.17) is 5.26 Å². The van der Waals surface area contributed by atoms with Crippen molar-refractivity contribution in [3.05, 3.63) is 52.4 Å². The van der Waals surface area contributed by atoms with Crippen molar-refractivity contribution in [1.82, 2.24) is 10.2 Å². The maximum absolute atomic E-state index is 11.9. The molecule has 0 saturated carbocycles. The minimum Gasteiger partial charge on any atom is -0.325 e. The van der Waals surface area contributed by atoms with Gasteiger partial charge in [-0.25, -0.2) is 5.10 Å². The fourth-order valence-electron chi connectivity index (χ4n) is 1.58. The second-order valence-corrected chi connectivity index (χ2v) is 4.22. The molecule has 22 heavy (non-hydrogen) atoms. The first-order chi connectivity index (χ1) is 10.6. The predicted octanol–water partition coefficient (Wildman–Crippen LogP) is 0.874. The number of hydrogen-bond acceptors (Lipinski definition) is 5. The number of anilines is 2. The van der Waals surface area contributed by atoms with Gasteiger partial charge in [0.15, 0.2) is 0 Å². The van der Waals surface area contributed by atoms with E-state index in [1.54, 1.807) is 30.3 Å². The van der Waals surface area contributed by atoms with Crippen molar-refractivity contribution in [3.8, 4) is 6.07 Å². The third-order valence-electron chi connectivity index (χ3n) is 2.58. The van der Waals surface area contributed by atoms with Crippen molar-refractivity contribution in [2.45, 2.75) is 6.42 Å². The number of carbonyl (C=O) groups is 2. The van der Waals surface area contributed by atoms with Crippen molar-refractivity contribution in [3.63, 3.8) is 0 Å². The maximum Gasteiger partial charge on any atom is 0.276 e. The number of nitrogens with one attached hydrogen (secondary N) is 3. The molecule has 0 unspecified atom stereocenters. The standard InChI is InChI=1S/C14H11N5O3/c15-8-7-12(20)16-9-1-3-10(4-2-9)17-14(22)11-5-6-13(21)19-18-11/h1-6H,7H2,(H,16,20)(H,17,22)(H,19,21). The highest BCUT2D eigenvalue weighted by atomic mass is 16.2. The summed E-state index contributed by atoms with van der Waals surface area (Å²) in [5.41, 5.74) is 0.691. The molecule has 3 N–H and O–H groups in total. The van der Waals surface area contributed by atoms with Crippen molar-refractivity contribution >= 4 is 23.2 Å². The van der Waals surface area contributed by atoms with Crippen molar-refractivity contribution in [2.75, 3.05) is 10.6 Å². The van der Waals surface area contributed by atoms with Crippen molar-refractivity contribution in [1.29, 1.82) is 5.26 Å². The molecule has 0 radical (unpaired) electrons. The van der Waals surface area contributed by atoms with Crippen LogP contribution in [-0.4, -0.2) is 22.0 Å². The lowest BCUT2D eigenvalue weighted by Gasteiger charge is -2.06. The molecule has 8 heteroatoms. The van der Waals surface area contributed by atoms with Crippen LogP contribution >= 0.6 is 0 Å². The van der Waals surface area contributed by atoms with Gasteiger partial charge in [-0.2, -0.15) is 10.4 Å². The van der Waals surface area contributed by atoms with Crippen molar-refractivity contribution < 1.29 is 9.59 Å². The number of nitrogens with zero attached hydrogens (tertiary/aromatic N) is 2. The molecule has 0 aliphatic rings. The SMILES string of the molecule is N#CCC(=O)Nc1ccc(NC(=O)c2ccc(=O)[nH]n2)cc1. The van der Waals surface area contributed by atoms with Crippen LogP contribution in [0.5, 0.6) is 0 Å². The minimum atomic E-state index is -0.475. The first-order valence-electron chi connectivity index (χ1n) is 6.22. The van der Waals surface area contributed by atoms with E-state index >= 15 is 0 Å². The van der Waals surface area contributed by atoms with Gasteiger partial charge in [0.05, 0.1) is 6.07 Å². The van der Waals surface area contributed by atoms with Gasteiger partial charge in [0, 0.05) is 17.4 Å². The van der Waals surface area contributed by atoms with E-state index in [1.807, 2.05) is 0 Å². The summed E-state index contributed by atoms with van der Waals surface area (Å²) in [6, 6.07) is 10.6. The Morgan fingerprint density at radius 2 is 1.73 bits per heavy atom.